The summed E-state index contributed by atoms with van der Waals surface area (Å²) in [6.45, 7) is 8.07. The van der Waals surface area contributed by atoms with Crippen molar-refractivity contribution in [3.63, 3.8) is 0 Å². The van der Waals surface area contributed by atoms with Crippen LogP contribution < -0.4 is 11.1 Å². The Hall–Kier alpha value is -1.51. The van der Waals surface area contributed by atoms with Crippen LogP contribution in [0.2, 0.25) is 0 Å². The fourth-order valence-electron chi connectivity index (χ4n) is 1.24. The van der Waals surface area contributed by atoms with E-state index in [9.17, 15) is 0 Å². The number of nitrogens with zero attached hydrogens (tertiary/aromatic N) is 1. The Morgan fingerprint density at radius 1 is 1.27 bits per heavy atom. The second kappa shape index (κ2) is 4.34. The van der Waals surface area contributed by atoms with Crippen molar-refractivity contribution >= 4 is 11.6 Å². The van der Waals surface area contributed by atoms with Crippen LogP contribution in [0.5, 0.6) is 0 Å². The quantitative estimate of drug-likeness (QED) is 0.546. The van der Waals surface area contributed by atoms with Gasteiger partial charge in [-0.05, 0) is 39.3 Å². The first-order chi connectivity index (χ1) is 6.88. The number of anilines is 1. The summed E-state index contributed by atoms with van der Waals surface area (Å²) in [5, 5.41) is 3.09. The van der Waals surface area contributed by atoms with Gasteiger partial charge in [0.1, 0.15) is 0 Å². The standard InChI is InChI=1S/C12H19N3/c1-9-7-5-6-8-10(9)14-11(13)15-12(2,3)4/h5-8H,1-4H3,(H3,13,14,15). The first-order valence-corrected chi connectivity index (χ1v) is 5.06. The SMILES string of the molecule is Cc1ccccc1NC(N)=NC(C)(C)C. The van der Waals surface area contributed by atoms with E-state index in [1.165, 1.54) is 0 Å². The number of para-hydroxylation sites is 1. The Labute approximate surface area is 91.4 Å². The number of hydrogen-bond acceptors (Lipinski definition) is 1. The maximum Gasteiger partial charge on any atom is 0.193 e. The monoisotopic (exact) mass is 205 g/mol. The molecule has 0 heterocycles. The molecule has 0 amide bonds. The summed E-state index contributed by atoms with van der Waals surface area (Å²) in [6, 6.07) is 7.99. The van der Waals surface area contributed by atoms with Crippen LogP contribution in [0.15, 0.2) is 29.3 Å². The maximum absolute atomic E-state index is 5.80. The van der Waals surface area contributed by atoms with Crippen molar-refractivity contribution < 1.29 is 0 Å². The minimum absolute atomic E-state index is 0.153. The normalized spacial score (nSPS) is 12.7. The molecular formula is C12H19N3. The fourth-order valence-corrected chi connectivity index (χ4v) is 1.24. The lowest BCUT2D eigenvalue weighted by Gasteiger charge is -2.15. The Bertz CT molecular complexity index is 361. The number of nitrogens with one attached hydrogen (secondary N) is 1. The van der Waals surface area contributed by atoms with Gasteiger partial charge >= 0.3 is 0 Å². The van der Waals surface area contributed by atoms with E-state index in [1.54, 1.807) is 0 Å². The van der Waals surface area contributed by atoms with Crippen molar-refractivity contribution in [2.75, 3.05) is 5.32 Å². The van der Waals surface area contributed by atoms with E-state index in [-0.39, 0.29) is 5.54 Å². The summed E-state index contributed by atoms with van der Waals surface area (Å²) in [4.78, 5) is 4.33. The van der Waals surface area contributed by atoms with Crippen LogP contribution in [0.3, 0.4) is 0 Å². The van der Waals surface area contributed by atoms with Gasteiger partial charge in [0, 0.05) is 5.69 Å². The van der Waals surface area contributed by atoms with Gasteiger partial charge in [-0.1, -0.05) is 18.2 Å². The largest absolute Gasteiger partial charge is 0.370 e. The molecule has 0 spiro atoms. The van der Waals surface area contributed by atoms with Crippen LogP contribution in [0.1, 0.15) is 26.3 Å². The molecule has 3 N–H and O–H groups in total. The Balaban J connectivity index is 2.79. The summed E-state index contributed by atoms with van der Waals surface area (Å²) >= 11 is 0. The zero-order valence-corrected chi connectivity index (χ0v) is 9.83. The minimum atomic E-state index is -0.153. The molecule has 0 unspecified atom stereocenters. The zero-order valence-electron chi connectivity index (χ0n) is 9.83. The average Bonchev–Trinajstić information content (AvgIpc) is 2.05. The van der Waals surface area contributed by atoms with Crippen LogP contribution in [-0.4, -0.2) is 11.5 Å². The molecule has 0 radical (unpaired) electrons. The average molecular weight is 205 g/mol. The van der Waals surface area contributed by atoms with Crippen LogP contribution in [-0.2, 0) is 0 Å². The van der Waals surface area contributed by atoms with E-state index in [4.69, 9.17) is 5.73 Å². The van der Waals surface area contributed by atoms with Crippen LogP contribution in [0.4, 0.5) is 5.69 Å². The van der Waals surface area contributed by atoms with Crippen LogP contribution >= 0.6 is 0 Å². The highest BCUT2D eigenvalue weighted by Crippen LogP contribution is 2.13. The molecule has 1 rings (SSSR count). The van der Waals surface area contributed by atoms with Crippen molar-refractivity contribution in [3.8, 4) is 0 Å². The van der Waals surface area contributed by atoms with Crippen molar-refractivity contribution in [2.45, 2.75) is 33.2 Å². The zero-order chi connectivity index (χ0) is 11.5. The van der Waals surface area contributed by atoms with E-state index in [0.717, 1.165) is 11.3 Å². The molecule has 15 heavy (non-hydrogen) atoms. The number of rotatable bonds is 1. The molecule has 0 atom stereocenters. The minimum Gasteiger partial charge on any atom is -0.370 e. The number of guanidine groups is 1. The first kappa shape index (κ1) is 11.6. The van der Waals surface area contributed by atoms with Gasteiger partial charge in [0.2, 0.25) is 0 Å². The Morgan fingerprint density at radius 2 is 1.87 bits per heavy atom. The van der Waals surface area contributed by atoms with Crippen molar-refractivity contribution in [1.29, 1.82) is 0 Å². The van der Waals surface area contributed by atoms with E-state index in [2.05, 4.69) is 10.3 Å². The maximum atomic E-state index is 5.80. The highest BCUT2D eigenvalue weighted by molar-refractivity contribution is 5.93. The number of aliphatic imine (C=N–C) groups is 1. The summed E-state index contributed by atoms with van der Waals surface area (Å²) in [5.41, 5.74) is 7.81. The molecule has 0 aromatic heterocycles. The van der Waals surface area contributed by atoms with Crippen LogP contribution in [0.25, 0.3) is 0 Å². The molecule has 0 aliphatic rings. The lowest BCUT2D eigenvalue weighted by molar-refractivity contribution is 0.583. The molecule has 0 saturated carbocycles. The fraction of sp³-hybridized carbons (Fsp3) is 0.417. The van der Waals surface area contributed by atoms with Gasteiger partial charge in [-0.2, -0.15) is 0 Å². The number of benzene rings is 1. The van der Waals surface area contributed by atoms with Gasteiger partial charge in [0.15, 0.2) is 5.96 Å². The van der Waals surface area contributed by atoms with Crippen LogP contribution in [0, 0.1) is 6.92 Å². The molecule has 0 aliphatic carbocycles. The topological polar surface area (TPSA) is 50.4 Å². The van der Waals surface area contributed by atoms with Crippen molar-refractivity contribution in [2.24, 2.45) is 10.7 Å². The molecule has 0 saturated heterocycles. The lowest BCUT2D eigenvalue weighted by atomic mass is 10.1. The highest BCUT2D eigenvalue weighted by Gasteiger charge is 2.08. The van der Waals surface area contributed by atoms with Gasteiger partial charge in [-0.3, -0.25) is 0 Å². The molecule has 1 aromatic carbocycles. The second-order valence-corrected chi connectivity index (χ2v) is 4.61. The van der Waals surface area contributed by atoms with E-state index in [1.807, 2.05) is 52.0 Å². The Morgan fingerprint density at radius 3 is 2.40 bits per heavy atom. The number of nitrogens with two attached hydrogens (primary N) is 1. The molecule has 0 aliphatic heterocycles. The third kappa shape index (κ3) is 4.02. The van der Waals surface area contributed by atoms with E-state index < -0.39 is 0 Å². The lowest BCUT2D eigenvalue weighted by Crippen LogP contribution is -2.27. The summed E-state index contributed by atoms with van der Waals surface area (Å²) in [7, 11) is 0. The molecule has 82 valence electrons. The number of hydrogen-bond donors (Lipinski definition) is 2. The molecule has 3 heteroatoms. The molecule has 0 fully saturated rings. The van der Waals surface area contributed by atoms with Gasteiger partial charge in [-0.25, -0.2) is 4.99 Å². The second-order valence-electron chi connectivity index (χ2n) is 4.61. The molecule has 1 aromatic rings. The summed E-state index contributed by atoms with van der Waals surface area (Å²) in [6.07, 6.45) is 0. The molecule has 0 bridgehead atoms. The summed E-state index contributed by atoms with van der Waals surface area (Å²) < 4.78 is 0. The smallest absolute Gasteiger partial charge is 0.193 e. The molecular weight excluding hydrogens is 186 g/mol. The predicted octanol–water partition coefficient (Wildman–Crippen LogP) is 2.52. The van der Waals surface area contributed by atoms with Gasteiger partial charge in [-0.15, -0.1) is 0 Å². The van der Waals surface area contributed by atoms with Gasteiger partial charge in [0.05, 0.1) is 5.54 Å². The van der Waals surface area contributed by atoms with Crippen molar-refractivity contribution in [1.82, 2.24) is 0 Å². The third-order valence-electron chi connectivity index (χ3n) is 1.86. The van der Waals surface area contributed by atoms with Crippen molar-refractivity contribution in [3.05, 3.63) is 29.8 Å². The van der Waals surface area contributed by atoms with E-state index >= 15 is 0 Å². The van der Waals surface area contributed by atoms with Gasteiger partial charge in [0.25, 0.3) is 0 Å². The first-order valence-electron chi connectivity index (χ1n) is 5.06. The molecule has 3 nitrogen and oxygen atoms in total. The predicted molar refractivity (Wildman–Crippen MR) is 66.2 cm³/mol. The van der Waals surface area contributed by atoms with Gasteiger partial charge < -0.3 is 11.1 Å². The highest BCUT2D eigenvalue weighted by atomic mass is 15.1. The van der Waals surface area contributed by atoms with E-state index in [0.29, 0.717) is 5.96 Å². The Kier molecular flexibility index (Phi) is 3.35. The third-order valence-corrected chi connectivity index (χ3v) is 1.86. The number of aryl methyl sites for hydroxylation is 1. The summed E-state index contributed by atoms with van der Waals surface area (Å²) in [5.74, 6) is 0.455.